The summed E-state index contributed by atoms with van der Waals surface area (Å²) in [4.78, 5) is 32.9. The molecule has 3 amide bonds. The molecule has 3 N–H and O–H groups in total. The van der Waals surface area contributed by atoms with Crippen molar-refractivity contribution in [2.45, 2.75) is 45.4 Å². The maximum atomic E-state index is 11.4. The number of nitrogens with one attached hydrogen (secondary N) is 2. The number of urea groups is 1. The summed E-state index contributed by atoms with van der Waals surface area (Å²) >= 11 is 0. The van der Waals surface area contributed by atoms with Crippen LogP contribution in [0.1, 0.15) is 45.4 Å². The quantitative estimate of drug-likeness (QED) is 0.639. The van der Waals surface area contributed by atoms with E-state index in [1.165, 1.54) is 0 Å². The Labute approximate surface area is 106 Å². The number of rotatable bonds is 7. The van der Waals surface area contributed by atoms with E-state index in [4.69, 9.17) is 5.11 Å². The number of carboxylic acid groups (broad SMARTS) is 1. The second-order valence-electron chi connectivity index (χ2n) is 4.83. The van der Waals surface area contributed by atoms with E-state index in [2.05, 4.69) is 17.6 Å². The van der Waals surface area contributed by atoms with Gasteiger partial charge in [-0.25, -0.2) is 4.79 Å². The van der Waals surface area contributed by atoms with Gasteiger partial charge in [0.2, 0.25) is 5.91 Å². The molecular formula is C12H20N2O4. The van der Waals surface area contributed by atoms with Crippen LogP contribution in [0.5, 0.6) is 0 Å². The van der Waals surface area contributed by atoms with E-state index in [0.29, 0.717) is 6.54 Å². The first kappa shape index (κ1) is 14.5. The molecule has 1 aliphatic carbocycles. The predicted octanol–water partition coefficient (Wildman–Crippen LogP) is 1.26. The van der Waals surface area contributed by atoms with Gasteiger partial charge >= 0.3 is 12.0 Å². The Morgan fingerprint density at radius 3 is 2.39 bits per heavy atom. The van der Waals surface area contributed by atoms with Gasteiger partial charge in [0.15, 0.2) is 0 Å². The van der Waals surface area contributed by atoms with Gasteiger partial charge in [-0.1, -0.05) is 6.92 Å². The molecule has 0 radical (unpaired) electrons. The zero-order valence-corrected chi connectivity index (χ0v) is 10.6. The first-order chi connectivity index (χ1) is 8.47. The molecule has 0 aromatic rings. The smallest absolute Gasteiger partial charge is 0.321 e. The Morgan fingerprint density at radius 1 is 1.22 bits per heavy atom. The maximum absolute atomic E-state index is 11.4. The van der Waals surface area contributed by atoms with Gasteiger partial charge in [0, 0.05) is 19.4 Å². The summed E-state index contributed by atoms with van der Waals surface area (Å²) in [5, 5.41) is 13.3. The Hall–Kier alpha value is -1.59. The van der Waals surface area contributed by atoms with Gasteiger partial charge in [0.05, 0.1) is 0 Å². The lowest BCUT2D eigenvalue weighted by Crippen LogP contribution is -2.41. The molecule has 1 aliphatic rings. The third-order valence-corrected chi connectivity index (χ3v) is 3.38. The molecule has 6 nitrogen and oxygen atoms in total. The Balaban J connectivity index is 2.11. The number of carbonyl (C=O) groups is 3. The van der Waals surface area contributed by atoms with E-state index in [-0.39, 0.29) is 24.7 Å². The minimum Gasteiger partial charge on any atom is -0.481 e. The molecule has 0 spiro atoms. The van der Waals surface area contributed by atoms with Crippen molar-refractivity contribution in [1.29, 1.82) is 0 Å². The summed E-state index contributed by atoms with van der Waals surface area (Å²) in [5.74, 6) is -1.37. The van der Waals surface area contributed by atoms with Crippen LogP contribution >= 0.6 is 0 Å². The van der Waals surface area contributed by atoms with Crippen LogP contribution in [0.4, 0.5) is 4.79 Å². The molecule has 1 saturated carbocycles. The molecular weight excluding hydrogens is 236 g/mol. The van der Waals surface area contributed by atoms with E-state index in [1.807, 2.05) is 0 Å². The number of hydrogen-bond acceptors (Lipinski definition) is 3. The van der Waals surface area contributed by atoms with Gasteiger partial charge in [0.25, 0.3) is 0 Å². The third kappa shape index (κ3) is 5.16. The van der Waals surface area contributed by atoms with Crippen LogP contribution in [0, 0.1) is 5.41 Å². The van der Waals surface area contributed by atoms with Crippen molar-refractivity contribution in [3.63, 3.8) is 0 Å². The minimum atomic E-state index is -0.939. The molecule has 0 aromatic carbocycles. The molecule has 0 atom stereocenters. The Morgan fingerprint density at radius 2 is 1.89 bits per heavy atom. The Kier molecular flexibility index (Phi) is 5.12. The average molecular weight is 256 g/mol. The van der Waals surface area contributed by atoms with Crippen molar-refractivity contribution in [1.82, 2.24) is 10.6 Å². The van der Waals surface area contributed by atoms with Crippen LogP contribution in [0.15, 0.2) is 0 Å². The number of hydrogen-bond donors (Lipinski definition) is 3. The zero-order chi connectivity index (χ0) is 13.6. The highest BCUT2D eigenvalue weighted by Crippen LogP contribution is 2.47. The molecule has 0 aliphatic heterocycles. The standard InChI is InChI=1S/C12H20N2O4/c1-2-12(6-7-12)8-13-11(18)14-9(15)4-3-5-10(16)17/h2-8H2,1H3,(H,16,17)(H2,13,14,15,18). The van der Waals surface area contributed by atoms with Crippen molar-refractivity contribution in [3.8, 4) is 0 Å². The van der Waals surface area contributed by atoms with Gasteiger partial charge in [0.1, 0.15) is 0 Å². The highest BCUT2D eigenvalue weighted by atomic mass is 16.4. The van der Waals surface area contributed by atoms with E-state index >= 15 is 0 Å². The van der Waals surface area contributed by atoms with Gasteiger partial charge in [-0.05, 0) is 31.1 Å². The fourth-order valence-electron chi connectivity index (χ4n) is 1.73. The van der Waals surface area contributed by atoms with Crippen LogP contribution in [-0.2, 0) is 9.59 Å². The summed E-state index contributed by atoms with van der Waals surface area (Å²) < 4.78 is 0. The number of imide groups is 1. The second-order valence-corrected chi connectivity index (χ2v) is 4.83. The first-order valence-electron chi connectivity index (χ1n) is 6.27. The molecule has 1 rings (SSSR count). The van der Waals surface area contributed by atoms with Crippen LogP contribution < -0.4 is 10.6 Å². The van der Waals surface area contributed by atoms with Crippen molar-refractivity contribution >= 4 is 17.9 Å². The Bertz CT molecular complexity index is 337. The highest BCUT2D eigenvalue weighted by Gasteiger charge is 2.40. The number of amides is 3. The van der Waals surface area contributed by atoms with Crippen LogP contribution in [-0.4, -0.2) is 29.6 Å². The number of carbonyl (C=O) groups excluding carboxylic acids is 2. The average Bonchev–Trinajstić information content (AvgIpc) is 3.06. The molecule has 0 aromatic heterocycles. The predicted molar refractivity (Wildman–Crippen MR) is 65.0 cm³/mol. The summed E-state index contributed by atoms with van der Waals surface area (Å²) in [7, 11) is 0. The third-order valence-electron chi connectivity index (χ3n) is 3.38. The molecule has 0 heterocycles. The topological polar surface area (TPSA) is 95.5 Å². The zero-order valence-electron chi connectivity index (χ0n) is 10.6. The van der Waals surface area contributed by atoms with Gasteiger partial charge in [-0.2, -0.15) is 0 Å². The summed E-state index contributed by atoms with van der Waals surface area (Å²) in [6, 6.07) is -0.491. The van der Waals surface area contributed by atoms with E-state index < -0.39 is 17.9 Å². The van der Waals surface area contributed by atoms with Gasteiger partial charge < -0.3 is 10.4 Å². The number of carboxylic acids is 1. The van der Waals surface area contributed by atoms with E-state index in [9.17, 15) is 14.4 Å². The van der Waals surface area contributed by atoms with E-state index in [0.717, 1.165) is 19.3 Å². The SMILES string of the molecule is CCC1(CNC(=O)NC(=O)CCCC(=O)O)CC1. The van der Waals surface area contributed by atoms with Crippen molar-refractivity contribution in [2.24, 2.45) is 5.41 Å². The first-order valence-corrected chi connectivity index (χ1v) is 6.27. The van der Waals surface area contributed by atoms with Crippen LogP contribution in [0.2, 0.25) is 0 Å². The molecule has 0 saturated heterocycles. The molecule has 102 valence electrons. The maximum Gasteiger partial charge on any atom is 0.321 e. The minimum absolute atomic E-state index is 0.0542. The molecule has 0 unspecified atom stereocenters. The molecule has 0 bridgehead atoms. The van der Waals surface area contributed by atoms with Crippen molar-refractivity contribution < 1.29 is 19.5 Å². The molecule has 1 fully saturated rings. The van der Waals surface area contributed by atoms with Gasteiger partial charge in [-0.3, -0.25) is 14.9 Å². The molecule has 18 heavy (non-hydrogen) atoms. The lowest BCUT2D eigenvalue weighted by atomic mass is 10.0. The highest BCUT2D eigenvalue weighted by molar-refractivity contribution is 5.94. The lowest BCUT2D eigenvalue weighted by molar-refractivity contribution is -0.137. The van der Waals surface area contributed by atoms with Gasteiger partial charge in [-0.15, -0.1) is 0 Å². The lowest BCUT2D eigenvalue weighted by Gasteiger charge is -2.13. The summed E-state index contributed by atoms with van der Waals surface area (Å²) in [6.07, 6.45) is 3.51. The van der Waals surface area contributed by atoms with Crippen LogP contribution in [0.25, 0.3) is 0 Å². The largest absolute Gasteiger partial charge is 0.481 e. The van der Waals surface area contributed by atoms with E-state index in [1.54, 1.807) is 0 Å². The normalized spacial score (nSPS) is 15.8. The monoisotopic (exact) mass is 256 g/mol. The van der Waals surface area contributed by atoms with Crippen molar-refractivity contribution in [2.75, 3.05) is 6.54 Å². The fourth-order valence-corrected chi connectivity index (χ4v) is 1.73. The molecule has 6 heteroatoms. The summed E-state index contributed by atoms with van der Waals surface area (Å²) in [5.41, 5.74) is 0.240. The summed E-state index contributed by atoms with van der Waals surface area (Å²) in [6.45, 7) is 2.68. The van der Waals surface area contributed by atoms with Crippen molar-refractivity contribution in [3.05, 3.63) is 0 Å². The number of aliphatic carboxylic acids is 1. The van der Waals surface area contributed by atoms with Crippen LogP contribution in [0.3, 0.4) is 0 Å². The fraction of sp³-hybridized carbons (Fsp3) is 0.750. The second kappa shape index (κ2) is 6.37.